The van der Waals surface area contributed by atoms with Gasteiger partial charge < -0.3 is 14.9 Å². The maximum Gasteiger partial charge on any atom is 0.295 e. The quantitative estimate of drug-likeness (QED) is 0.463. The number of rotatable bonds is 5. The van der Waals surface area contributed by atoms with Crippen LogP contribution in [0.2, 0.25) is 5.02 Å². The monoisotopic (exact) mass is 478 g/mol. The van der Waals surface area contributed by atoms with Gasteiger partial charge in [0.05, 0.1) is 17.0 Å². The molecule has 9 heteroatoms. The first kappa shape index (κ1) is 21.7. The van der Waals surface area contributed by atoms with Crippen LogP contribution in [0.5, 0.6) is 5.75 Å². The molecule has 2 N–H and O–H groups in total. The van der Waals surface area contributed by atoms with Crippen molar-refractivity contribution < 1.29 is 23.1 Å². The fourth-order valence-corrected chi connectivity index (χ4v) is 4.24. The molecule has 5 rings (SSSR count). The molecule has 4 aromatic rings. The van der Waals surface area contributed by atoms with Gasteiger partial charge in [-0.3, -0.25) is 19.3 Å². The first-order chi connectivity index (χ1) is 16.3. The number of ether oxygens (including phenoxy) is 1. The first-order valence-corrected chi connectivity index (χ1v) is 10.6. The van der Waals surface area contributed by atoms with E-state index >= 15 is 0 Å². The van der Waals surface area contributed by atoms with Crippen LogP contribution in [0.25, 0.3) is 11.0 Å². The van der Waals surface area contributed by atoms with Crippen LogP contribution in [0.3, 0.4) is 0 Å². The van der Waals surface area contributed by atoms with Gasteiger partial charge in [0.15, 0.2) is 12.0 Å². The predicted octanol–water partition coefficient (Wildman–Crippen LogP) is 4.20. The number of fused-ring (bicyclic) bond motifs is 2. The van der Waals surface area contributed by atoms with Crippen LogP contribution in [0.15, 0.2) is 75.9 Å². The zero-order valence-corrected chi connectivity index (χ0v) is 18.2. The van der Waals surface area contributed by atoms with Crippen molar-refractivity contribution in [1.82, 2.24) is 0 Å². The lowest BCUT2D eigenvalue weighted by atomic mass is 9.98. The third-order valence-corrected chi connectivity index (χ3v) is 5.73. The molecule has 34 heavy (non-hydrogen) atoms. The molecule has 1 unspecified atom stereocenters. The molecule has 0 saturated heterocycles. The second-order valence-corrected chi connectivity index (χ2v) is 8.13. The Balaban J connectivity index is 1.70. The van der Waals surface area contributed by atoms with Crippen molar-refractivity contribution >= 4 is 40.1 Å². The molecule has 0 saturated carbocycles. The largest absolute Gasteiger partial charge is 0.484 e. The maximum atomic E-state index is 13.9. The number of benzene rings is 3. The molecule has 0 radical (unpaired) electrons. The molecule has 1 atom stereocenters. The van der Waals surface area contributed by atoms with E-state index in [0.29, 0.717) is 22.0 Å². The Morgan fingerprint density at radius 2 is 1.85 bits per heavy atom. The molecular weight excluding hydrogens is 463 g/mol. The van der Waals surface area contributed by atoms with Gasteiger partial charge in [-0.1, -0.05) is 29.8 Å². The van der Waals surface area contributed by atoms with E-state index in [1.165, 1.54) is 11.0 Å². The lowest BCUT2D eigenvalue weighted by Gasteiger charge is -2.25. The van der Waals surface area contributed by atoms with Crippen molar-refractivity contribution in [3.8, 4) is 5.75 Å². The summed E-state index contributed by atoms with van der Waals surface area (Å²) in [7, 11) is 0. The maximum absolute atomic E-state index is 13.9. The summed E-state index contributed by atoms with van der Waals surface area (Å²) >= 11 is 6.17. The van der Waals surface area contributed by atoms with Gasteiger partial charge in [-0.25, -0.2) is 4.39 Å². The minimum atomic E-state index is -0.866. The summed E-state index contributed by atoms with van der Waals surface area (Å²) < 4.78 is 25.0. The molecule has 2 amide bonds. The molecule has 0 bridgehead atoms. The molecule has 3 aromatic carbocycles. The fraction of sp³-hybridized carbons (Fsp3) is 0.0800. The Morgan fingerprint density at radius 3 is 2.56 bits per heavy atom. The highest BCUT2D eigenvalue weighted by atomic mass is 35.5. The number of hydrogen-bond acceptors (Lipinski definition) is 5. The molecule has 170 valence electrons. The van der Waals surface area contributed by atoms with Crippen LogP contribution in [0, 0.1) is 5.82 Å². The van der Waals surface area contributed by atoms with Gasteiger partial charge in [-0.2, -0.15) is 0 Å². The number of carbonyl (C=O) groups excluding carboxylic acids is 2. The molecule has 1 aliphatic rings. The second kappa shape index (κ2) is 8.31. The number of amides is 2. The van der Waals surface area contributed by atoms with E-state index in [1.54, 1.807) is 48.5 Å². The normalized spacial score (nSPS) is 14.9. The number of carbonyl (C=O) groups is 2. The van der Waals surface area contributed by atoms with Crippen LogP contribution in [0.1, 0.15) is 27.7 Å². The Morgan fingerprint density at radius 1 is 1.09 bits per heavy atom. The van der Waals surface area contributed by atoms with Gasteiger partial charge in [-0.15, -0.1) is 0 Å². The average Bonchev–Trinajstić information content (AvgIpc) is 3.11. The summed E-state index contributed by atoms with van der Waals surface area (Å²) in [5, 5.41) is 0.438. The third-order valence-electron chi connectivity index (χ3n) is 5.50. The van der Waals surface area contributed by atoms with Gasteiger partial charge in [-0.05, 0) is 54.1 Å². The SMILES string of the molecule is NC(=O)COc1ccc(C2c3c(oc4ccc(F)cc4c3=O)C(=O)N2c2cccc(Cl)c2)cc1. The summed E-state index contributed by atoms with van der Waals surface area (Å²) in [5.74, 6) is -1.48. The smallest absolute Gasteiger partial charge is 0.295 e. The molecule has 7 nitrogen and oxygen atoms in total. The molecule has 0 fully saturated rings. The summed E-state index contributed by atoms with van der Waals surface area (Å²) in [6, 6.07) is 15.9. The predicted molar refractivity (Wildman–Crippen MR) is 124 cm³/mol. The van der Waals surface area contributed by atoms with E-state index in [9.17, 15) is 18.8 Å². The van der Waals surface area contributed by atoms with Crippen LogP contribution in [0.4, 0.5) is 10.1 Å². The number of anilines is 1. The van der Waals surface area contributed by atoms with Gasteiger partial charge in [0.1, 0.15) is 17.1 Å². The number of hydrogen-bond donors (Lipinski definition) is 1. The topological polar surface area (TPSA) is 103 Å². The summed E-state index contributed by atoms with van der Waals surface area (Å²) in [6.07, 6.45) is 0. The van der Waals surface area contributed by atoms with Crippen molar-refractivity contribution in [2.24, 2.45) is 5.73 Å². The number of primary amides is 1. The Kier molecular flexibility index (Phi) is 5.30. The fourth-order valence-electron chi connectivity index (χ4n) is 4.05. The number of nitrogens with two attached hydrogens (primary N) is 1. The van der Waals surface area contributed by atoms with Gasteiger partial charge >= 0.3 is 0 Å². The van der Waals surface area contributed by atoms with Gasteiger partial charge in [0.25, 0.3) is 11.8 Å². The zero-order valence-electron chi connectivity index (χ0n) is 17.5. The van der Waals surface area contributed by atoms with Crippen molar-refractivity contribution in [2.45, 2.75) is 6.04 Å². The van der Waals surface area contributed by atoms with E-state index in [4.69, 9.17) is 26.5 Å². The van der Waals surface area contributed by atoms with Gasteiger partial charge in [0, 0.05) is 10.7 Å². The van der Waals surface area contributed by atoms with E-state index in [-0.39, 0.29) is 28.9 Å². The van der Waals surface area contributed by atoms with Crippen LogP contribution < -0.4 is 20.8 Å². The Bertz CT molecular complexity index is 1520. The Hall–Kier alpha value is -4.17. The zero-order chi connectivity index (χ0) is 24.0. The van der Waals surface area contributed by atoms with E-state index in [0.717, 1.165) is 12.1 Å². The standard InChI is InChI=1S/C25H16ClFN2O5/c26-14-2-1-3-16(10-14)29-22(13-4-7-17(8-5-13)33-12-20(28)30)21-23(31)18-11-15(27)6-9-19(18)34-24(21)25(29)32/h1-11,22H,12H2,(H2,28,30). The van der Waals surface area contributed by atoms with Crippen LogP contribution >= 0.6 is 11.6 Å². The molecule has 1 aromatic heterocycles. The van der Waals surface area contributed by atoms with Crippen LogP contribution in [-0.4, -0.2) is 18.4 Å². The summed E-state index contributed by atoms with van der Waals surface area (Å²) in [4.78, 5) is 39.4. The average molecular weight is 479 g/mol. The minimum absolute atomic E-state index is 0.0332. The van der Waals surface area contributed by atoms with Gasteiger partial charge in [0.2, 0.25) is 5.76 Å². The van der Waals surface area contributed by atoms with E-state index < -0.39 is 29.1 Å². The molecule has 1 aliphatic heterocycles. The second-order valence-electron chi connectivity index (χ2n) is 7.70. The number of nitrogens with zero attached hydrogens (tertiary/aromatic N) is 1. The van der Waals surface area contributed by atoms with E-state index in [2.05, 4.69) is 0 Å². The number of halogens is 2. The van der Waals surface area contributed by atoms with Crippen LogP contribution in [-0.2, 0) is 4.79 Å². The highest BCUT2D eigenvalue weighted by Gasteiger charge is 2.43. The first-order valence-electron chi connectivity index (χ1n) is 10.2. The Labute approximate surface area is 197 Å². The molecule has 0 spiro atoms. The molecular formula is C25H16ClFN2O5. The molecule has 0 aliphatic carbocycles. The highest BCUT2D eigenvalue weighted by Crippen LogP contribution is 2.42. The minimum Gasteiger partial charge on any atom is -0.484 e. The van der Waals surface area contributed by atoms with Crippen molar-refractivity contribution in [3.63, 3.8) is 0 Å². The molecule has 2 heterocycles. The lowest BCUT2D eigenvalue weighted by molar-refractivity contribution is -0.119. The third kappa shape index (κ3) is 3.68. The van der Waals surface area contributed by atoms with E-state index in [1.807, 2.05) is 0 Å². The summed E-state index contributed by atoms with van der Waals surface area (Å²) in [6.45, 7) is -0.292. The lowest BCUT2D eigenvalue weighted by Crippen LogP contribution is -2.29. The summed E-state index contributed by atoms with van der Waals surface area (Å²) in [5.41, 5.74) is 5.84. The van der Waals surface area contributed by atoms with Crippen molar-refractivity contribution in [1.29, 1.82) is 0 Å². The van der Waals surface area contributed by atoms with Crippen molar-refractivity contribution in [3.05, 3.63) is 105 Å². The van der Waals surface area contributed by atoms with Crippen molar-refractivity contribution in [2.75, 3.05) is 11.5 Å². The highest BCUT2D eigenvalue weighted by molar-refractivity contribution is 6.31.